The Labute approximate surface area is 126 Å². The molecule has 19 heavy (non-hydrogen) atoms. The lowest BCUT2D eigenvalue weighted by Crippen LogP contribution is -2.45. The maximum atomic E-state index is 13.6. The van der Waals surface area contributed by atoms with Crippen LogP contribution in [0.2, 0.25) is 0 Å². The molecule has 0 bridgehead atoms. The molecule has 1 fully saturated rings. The van der Waals surface area contributed by atoms with E-state index in [4.69, 9.17) is 0 Å². The summed E-state index contributed by atoms with van der Waals surface area (Å²) in [5.74, 6) is -0.749. The molecule has 1 aliphatic heterocycles. The molecule has 0 spiro atoms. The van der Waals surface area contributed by atoms with Crippen LogP contribution in [-0.2, 0) is 10.0 Å². The molecule has 8 heteroatoms. The van der Waals surface area contributed by atoms with Gasteiger partial charge in [-0.2, -0.15) is 0 Å². The molecule has 1 aromatic rings. The molecule has 0 saturated carbocycles. The van der Waals surface area contributed by atoms with E-state index in [1.807, 2.05) is 0 Å². The molecule has 0 amide bonds. The molecule has 1 aliphatic rings. The number of sulfonamides is 1. The Morgan fingerprint density at radius 3 is 2.74 bits per heavy atom. The van der Waals surface area contributed by atoms with Gasteiger partial charge in [-0.15, -0.1) is 12.4 Å². The second-order valence-electron chi connectivity index (χ2n) is 4.24. The first-order valence-corrected chi connectivity index (χ1v) is 7.95. The SMILES string of the molecule is Cl.O=S(=O)(NC1CCCNC1)c1ccc(Br)cc1F. The number of piperidine rings is 1. The molecule has 4 nitrogen and oxygen atoms in total. The standard InChI is InChI=1S/C11H14BrFN2O2S.ClH/c12-8-3-4-11(10(13)6-8)18(16,17)15-9-2-1-5-14-7-9;/h3-4,6,9,14-15H,1-2,5,7H2;1H. The van der Waals surface area contributed by atoms with Gasteiger partial charge in [0.05, 0.1) is 0 Å². The van der Waals surface area contributed by atoms with Crippen molar-refractivity contribution in [2.75, 3.05) is 13.1 Å². The van der Waals surface area contributed by atoms with Crippen LogP contribution in [-0.4, -0.2) is 27.5 Å². The van der Waals surface area contributed by atoms with Gasteiger partial charge in [-0.05, 0) is 37.6 Å². The Morgan fingerprint density at radius 1 is 1.42 bits per heavy atom. The van der Waals surface area contributed by atoms with Crippen LogP contribution in [0.25, 0.3) is 0 Å². The first-order valence-electron chi connectivity index (χ1n) is 5.67. The van der Waals surface area contributed by atoms with Crippen molar-refractivity contribution in [2.45, 2.75) is 23.8 Å². The van der Waals surface area contributed by atoms with Crippen molar-refractivity contribution in [2.24, 2.45) is 0 Å². The summed E-state index contributed by atoms with van der Waals surface area (Å²) in [6, 6.07) is 3.74. The zero-order valence-electron chi connectivity index (χ0n) is 10.0. The highest BCUT2D eigenvalue weighted by Crippen LogP contribution is 2.20. The third kappa shape index (κ3) is 4.39. The zero-order chi connectivity index (χ0) is 13.2. The van der Waals surface area contributed by atoms with E-state index in [0.29, 0.717) is 11.0 Å². The van der Waals surface area contributed by atoms with Crippen molar-refractivity contribution in [1.29, 1.82) is 0 Å². The minimum absolute atomic E-state index is 0. The molecule has 0 aromatic heterocycles. The molecular weight excluding hydrogens is 359 g/mol. The molecule has 2 rings (SSSR count). The summed E-state index contributed by atoms with van der Waals surface area (Å²) in [7, 11) is -3.79. The minimum Gasteiger partial charge on any atom is -0.315 e. The number of rotatable bonds is 3. The van der Waals surface area contributed by atoms with E-state index < -0.39 is 15.8 Å². The summed E-state index contributed by atoms with van der Waals surface area (Å²) in [5, 5.41) is 3.10. The molecule has 1 saturated heterocycles. The van der Waals surface area contributed by atoms with E-state index in [2.05, 4.69) is 26.0 Å². The predicted octanol–water partition coefficient (Wildman–Crippen LogP) is 2.04. The fourth-order valence-electron chi connectivity index (χ4n) is 1.93. The van der Waals surface area contributed by atoms with Crippen LogP contribution in [0.5, 0.6) is 0 Å². The third-order valence-electron chi connectivity index (χ3n) is 2.80. The van der Waals surface area contributed by atoms with Crippen LogP contribution in [0.1, 0.15) is 12.8 Å². The second-order valence-corrected chi connectivity index (χ2v) is 6.84. The average molecular weight is 374 g/mol. The van der Waals surface area contributed by atoms with E-state index in [1.165, 1.54) is 12.1 Å². The van der Waals surface area contributed by atoms with Gasteiger partial charge in [0.15, 0.2) is 0 Å². The van der Waals surface area contributed by atoms with Gasteiger partial charge in [-0.1, -0.05) is 15.9 Å². The van der Waals surface area contributed by atoms with Crippen LogP contribution < -0.4 is 10.0 Å². The van der Waals surface area contributed by atoms with E-state index in [-0.39, 0.29) is 23.3 Å². The minimum atomic E-state index is -3.79. The molecule has 1 atom stereocenters. The smallest absolute Gasteiger partial charge is 0.243 e. The first-order chi connectivity index (χ1) is 8.49. The number of hydrogen-bond acceptors (Lipinski definition) is 3. The molecule has 0 aliphatic carbocycles. The third-order valence-corrected chi connectivity index (χ3v) is 4.85. The summed E-state index contributed by atoms with van der Waals surface area (Å²) < 4.78 is 40.8. The van der Waals surface area contributed by atoms with Gasteiger partial charge in [-0.25, -0.2) is 17.5 Å². The lowest BCUT2D eigenvalue weighted by molar-refractivity contribution is 0.427. The highest BCUT2D eigenvalue weighted by molar-refractivity contribution is 9.10. The summed E-state index contributed by atoms with van der Waals surface area (Å²) in [6.07, 6.45) is 1.68. The van der Waals surface area contributed by atoms with Crippen molar-refractivity contribution in [3.05, 3.63) is 28.5 Å². The van der Waals surface area contributed by atoms with Crippen LogP contribution in [0, 0.1) is 5.82 Å². The highest BCUT2D eigenvalue weighted by atomic mass is 79.9. The maximum Gasteiger partial charge on any atom is 0.243 e. The molecule has 0 radical (unpaired) electrons. The monoisotopic (exact) mass is 372 g/mol. The Kier molecular flexibility index (Phi) is 6.19. The average Bonchev–Trinajstić information content (AvgIpc) is 2.29. The second kappa shape index (κ2) is 6.99. The topological polar surface area (TPSA) is 58.2 Å². The van der Waals surface area contributed by atoms with E-state index in [9.17, 15) is 12.8 Å². The van der Waals surface area contributed by atoms with Crippen molar-refractivity contribution in [3.63, 3.8) is 0 Å². The largest absolute Gasteiger partial charge is 0.315 e. The molecule has 108 valence electrons. The summed E-state index contributed by atoms with van der Waals surface area (Å²) >= 11 is 3.10. The lowest BCUT2D eigenvalue weighted by Gasteiger charge is -2.23. The lowest BCUT2D eigenvalue weighted by atomic mass is 10.1. The van der Waals surface area contributed by atoms with E-state index in [0.717, 1.165) is 25.5 Å². The fourth-order valence-corrected chi connectivity index (χ4v) is 3.59. The van der Waals surface area contributed by atoms with Crippen LogP contribution in [0.3, 0.4) is 0 Å². The quantitative estimate of drug-likeness (QED) is 0.852. The van der Waals surface area contributed by atoms with Gasteiger partial charge in [0.25, 0.3) is 0 Å². The Morgan fingerprint density at radius 2 is 2.16 bits per heavy atom. The Bertz CT molecular complexity index is 535. The van der Waals surface area contributed by atoms with Gasteiger partial charge in [0.2, 0.25) is 10.0 Å². The van der Waals surface area contributed by atoms with Gasteiger partial charge in [0.1, 0.15) is 10.7 Å². The van der Waals surface area contributed by atoms with E-state index >= 15 is 0 Å². The van der Waals surface area contributed by atoms with Crippen molar-refractivity contribution >= 4 is 38.4 Å². The number of halogens is 3. The molecule has 1 aromatic carbocycles. The van der Waals surface area contributed by atoms with Crippen LogP contribution >= 0.6 is 28.3 Å². The Balaban J connectivity index is 0.00000180. The normalized spacial score (nSPS) is 19.8. The fraction of sp³-hybridized carbons (Fsp3) is 0.455. The maximum absolute atomic E-state index is 13.6. The first kappa shape index (κ1) is 16.8. The van der Waals surface area contributed by atoms with E-state index in [1.54, 1.807) is 0 Å². The number of hydrogen-bond donors (Lipinski definition) is 2. The highest BCUT2D eigenvalue weighted by Gasteiger charge is 2.24. The van der Waals surface area contributed by atoms with Gasteiger partial charge >= 0.3 is 0 Å². The zero-order valence-corrected chi connectivity index (χ0v) is 13.2. The van der Waals surface area contributed by atoms with Crippen LogP contribution in [0.15, 0.2) is 27.6 Å². The molecular formula is C11H15BrClFN2O2S. The summed E-state index contributed by atoms with van der Waals surface area (Å²) in [6.45, 7) is 1.47. The van der Waals surface area contributed by atoms with Crippen molar-refractivity contribution < 1.29 is 12.8 Å². The van der Waals surface area contributed by atoms with Crippen LogP contribution in [0.4, 0.5) is 4.39 Å². The van der Waals surface area contributed by atoms with Crippen molar-refractivity contribution in [1.82, 2.24) is 10.0 Å². The molecule has 2 N–H and O–H groups in total. The van der Waals surface area contributed by atoms with Crippen molar-refractivity contribution in [3.8, 4) is 0 Å². The molecule has 1 heterocycles. The Hall–Kier alpha value is -0.210. The summed E-state index contributed by atoms with van der Waals surface area (Å²) in [5.41, 5.74) is 0. The van der Waals surface area contributed by atoms with Gasteiger partial charge in [0, 0.05) is 17.1 Å². The predicted molar refractivity (Wildman–Crippen MR) is 77.6 cm³/mol. The number of nitrogens with one attached hydrogen (secondary N) is 2. The summed E-state index contributed by atoms with van der Waals surface area (Å²) in [4.78, 5) is -0.309. The molecule has 1 unspecified atom stereocenters. The van der Waals surface area contributed by atoms with Gasteiger partial charge in [-0.3, -0.25) is 0 Å². The van der Waals surface area contributed by atoms with Gasteiger partial charge < -0.3 is 5.32 Å². The number of benzene rings is 1.